The Balaban J connectivity index is 1.61. The van der Waals surface area contributed by atoms with Crippen molar-refractivity contribution in [1.82, 2.24) is 9.80 Å². The lowest BCUT2D eigenvalue weighted by atomic mass is 10.1. The van der Waals surface area contributed by atoms with E-state index in [2.05, 4.69) is 9.80 Å². The predicted molar refractivity (Wildman–Crippen MR) is 67.1 cm³/mol. The minimum atomic E-state index is -0.682. The van der Waals surface area contributed by atoms with Crippen molar-refractivity contribution in [3.63, 3.8) is 0 Å². The Morgan fingerprint density at radius 2 is 1.65 bits per heavy atom. The number of carbonyl (C=O) groups is 1. The standard InChI is InChI=1S/C13H24N2O2/c16-13(17)5-6-14-7-9-15(10-8-14)11-12-3-1-2-4-12/h12H,1-11H2,(H,16,17). The van der Waals surface area contributed by atoms with E-state index in [4.69, 9.17) is 5.11 Å². The van der Waals surface area contributed by atoms with E-state index >= 15 is 0 Å². The first-order chi connectivity index (χ1) is 8.24. The van der Waals surface area contributed by atoms with Crippen LogP contribution in [0, 0.1) is 5.92 Å². The van der Waals surface area contributed by atoms with Crippen molar-refractivity contribution in [2.75, 3.05) is 39.3 Å². The third-order valence-electron chi connectivity index (χ3n) is 4.10. The first-order valence-electron chi connectivity index (χ1n) is 6.90. The van der Waals surface area contributed by atoms with E-state index in [0.717, 1.165) is 32.1 Å². The molecule has 0 unspecified atom stereocenters. The van der Waals surface area contributed by atoms with Gasteiger partial charge in [0.15, 0.2) is 0 Å². The van der Waals surface area contributed by atoms with Gasteiger partial charge in [0.2, 0.25) is 0 Å². The molecule has 2 rings (SSSR count). The van der Waals surface area contributed by atoms with E-state index in [1.165, 1.54) is 32.2 Å². The van der Waals surface area contributed by atoms with E-state index in [1.54, 1.807) is 0 Å². The zero-order valence-corrected chi connectivity index (χ0v) is 10.6. The molecule has 1 N–H and O–H groups in total. The third-order valence-corrected chi connectivity index (χ3v) is 4.10. The highest BCUT2D eigenvalue weighted by atomic mass is 16.4. The summed E-state index contributed by atoms with van der Waals surface area (Å²) in [7, 11) is 0. The van der Waals surface area contributed by atoms with Crippen molar-refractivity contribution < 1.29 is 9.90 Å². The molecule has 1 saturated heterocycles. The van der Waals surface area contributed by atoms with Crippen molar-refractivity contribution in [3.8, 4) is 0 Å². The van der Waals surface area contributed by atoms with Crippen LogP contribution in [0.1, 0.15) is 32.1 Å². The van der Waals surface area contributed by atoms with Gasteiger partial charge in [0.05, 0.1) is 6.42 Å². The molecule has 0 aromatic carbocycles. The minimum absolute atomic E-state index is 0.280. The lowest BCUT2D eigenvalue weighted by molar-refractivity contribution is -0.137. The monoisotopic (exact) mass is 240 g/mol. The summed E-state index contributed by atoms with van der Waals surface area (Å²) >= 11 is 0. The van der Waals surface area contributed by atoms with Gasteiger partial charge in [-0.15, -0.1) is 0 Å². The molecule has 17 heavy (non-hydrogen) atoms. The zero-order valence-electron chi connectivity index (χ0n) is 10.6. The maximum Gasteiger partial charge on any atom is 0.304 e. The quantitative estimate of drug-likeness (QED) is 0.786. The van der Waals surface area contributed by atoms with E-state index in [9.17, 15) is 4.79 Å². The van der Waals surface area contributed by atoms with Gasteiger partial charge in [0.25, 0.3) is 0 Å². The van der Waals surface area contributed by atoms with Gasteiger partial charge >= 0.3 is 5.97 Å². The number of rotatable bonds is 5. The summed E-state index contributed by atoms with van der Waals surface area (Å²) in [6.45, 7) is 6.31. The molecule has 2 aliphatic rings. The fraction of sp³-hybridized carbons (Fsp3) is 0.923. The van der Waals surface area contributed by atoms with Crippen LogP contribution in [0.15, 0.2) is 0 Å². The smallest absolute Gasteiger partial charge is 0.304 e. The van der Waals surface area contributed by atoms with Crippen LogP contribution in [-0.2, 0) is 4.79 Å². The molecule has 1 aliphatic heterocycles. The molecule has 98 valence electrons. The van der Waals surface area contributed by atoms with Crippen LogP contribution in [0.5, 0.6) is 0 Å². The molecule has 0 bridgehead atoms. The molecule has 4 nitrogen and oxygen atoms in total. The predicted octanol–water partition coefficient (Wildman–Crippen LogP) is 1.27. The average Bonchev–Trinajstić information content (AvgIpc) is 2.81. The number of hydrogen-bond acceptors (Lipinski definition) is 3. The molecule has 0 aromatic heterocycles. The van der Waals surface area contributed by atoms with Gasteiger partial charge in [-0.3, -0.25) is 4.79 Å². The van der Waals surface area contributed by atoms with Crippen molar-refractivity contribution >= 4 is 5.97 Å². The average molecular weight is 240 g/mol. The summed E-state index contributed by atoms with van der Waals surface area (Å²) in [5.41, 5.74) is 0. The van der Waals surface area contributed by atoms with Crippen LogP contribution >= 0.6 is 0 Å². The molecule has 0 atom stereocenters. The summed E-state index contributed by atoms with van der Waals surface area (Å²) in [5.74, 6) is 0.249. The molecule has 1 saturated carbocycles. The number of hydrogen-bond donors (Lipinski definition) is 1. The molecule has 2 fully saturated rings. The van der Waals surface area contributed by atoms with Gasteiger partial charge < -0.3 is 14.9 Å². The highest BCUT2D eigenvalue weighted by molar-refractivity contribution is 5.66. The molecule has 1 heterocycles. The first-order valence-corrected chi connectivity index (χ1v) is 6.90. The lowest BCUT2D eigenvalue weighted by Crippen LogP contribution is -2.47. The maximum absolute atomic E-state index is 10.5. The molecule has 0 spiro atoms. The Morgan fingerprint density at radius 3 is 2.24 bits per heavy atom. The largest absolute Gasteiger partial charge is 0.481 e. The van der Waals surface area contributed by atoms with Gasteiger partial charge in [-0.1, -0.05) is 12.8 Å². The molecular formula is C13H24N2O2. The van der Waals surface area contributed by atoms with Crippen LogP contribution in [0.4, 0.5) is 0 Å². The fourth-order valence-electron chi connectivity index (χ4n) is 3.01. The third kappa shape index (κ3) is 4.28. The number of carboxylic acids is 1. The van der Waals surface area contributed by atoms with Crippen LogP contribution in [0.3, 0.4) is 0 Å². The van der Waals surface area contributed by atoms with Gasteiger partial charge in [0, 0.05) is 39.3 Å². The van der Waals surface area contributed by atoms with Gasteiger partial charge in [-0.2, -0.15) is 0 Å². The second-order valence-electron chi connectivity index (χ2n) is 5.44. The molecule has 0 aromatic rings. The van der Waals surface area contributed by atoms with Crippen molar-refractivity contribution in [2.24, 2.45) is 5.92 Å². The molecule has 4 heteroatoms. The van der Waals surface area contributed by atoms with E-state index in [1.807, 2.05) is 0 Å². The summed E-state index contributed by atoms with van der Waals surface area (Å²) in [5, 5.41) is 8.65. The first kappa shape index (κ1) is 12.8. The zero-order chi connectivity index (χ0) is 12.1. The summed E-state index contributed by atoms with van der Waals surface area (Å²) in [6, 6.07) is 0. The Bertz CT molecular complexity index is 244. The summed E-state index contributed by atoms with van der Waals surface area (Å²) in [4.78, 5) is 15.3. The highest BCUT2D eigenvalue weighted by Crippen LogP contribution is 2.25. The van der Waals surface area contributed by atoms with E-state index in [0.29, 0.717) is 6.54 Å². The highest BCUT2D eigenvalue weighted by Gasteiger charge is 2.22. The van der Waals surface area contributed by atoms with Crippen LogP contribution in [0.2, 0.25) is 0 Å². The summed E-state index contributed by atoms with van der Waals surface area (Å²) in [6.07, 6.45) is 5.95. The molecule has 0 radical (unpaired) electrons. The number of aliphatic carboxylic acids is 1. The number of carboxylic acid groups (broad SMARTS) is 1. The number of piperazine rings is 1. The van der Waals surface area contributed by atoms with E-state index < -0.39 is 5.97 Å². The maximum atomic E-state index is 10.5. The topological polar surface area (TPSA) is 43.8 Å². The summed E-state index contributed by atoms with van der Waals surface area (Å²) < 4.78 is 0. The SMILES string of the molecule is O=C(O)CCN1CCN(CC2CCCC2)CC1. The van der Waals surface area contributed by atoms with Crippen LogP contribution in [0.25, 0.3) is 0 Å². The Kier molecular flexibility index (Phi) is 4.80. The fourth-order valence-corrected chi connectivity index (χ4v) is 3.01. The second kappa shape index (κ2) is 6.36. The minimum Gasteiger partial charge on any atom is -0.481 e. The van der Waals surface area contributed by atoms with Gasteiger partial charge in [-0.05, 0) is 18.8 Å². The number of nitrogens with zero attached hydrogens (tertiary/aromatic N) is 2. The van der Waals surface area contributed by atoms with Crippen molar-refractivity contribution in [2.45, 2.75) is 32.1 Å². The molecule has 0 amide bonds. The van der Waals surface area contributed by atoms with E-state index in [-0.39, 0.29) is 6.42 Å². The molecular weight excluding hydrogens is 216 g/mol. The Morgan fingerprint density at radius 1 is 1.06 bits per heavy atom. The second-order valence-corrected chi connectivity index (χ2v) is 5.44. The molecule has 1 aliphatic carbocycles. The lowest BCUT2D eigenvalue weighted by Gasteiger charge is -2.35. The van der Waals surface area contributed by atoms with Crippen LogP contribution < -0.4 is 0 Å². The van der Waals surface area contributed by atoms with Gasteiger partial charge in [-0.25, -0.2) is 0 Å². The normalized spacial score (nSPS) is 24.2. The Labute approximate surface area is 104 Å². The Hall–Kier alpha value is -0.610. The van der Waals surface area contributed by atoms with Gasteiger partial charge in [0.1, 0.15) is 0 Å². The van der Waals surface area contributed by atoms with Crippen LogP contribution in [-0.4, -0.2) is 60.1 Å². The van der Waals surface area contributed by atoms with Crippen molar-refractivity contribution in [1.29, 1.82) is 0 Å². The van der Waals surface area contributed by atoms with Crippen molar-refractivity contribution in [3.05, 3.63) is 0 Å².